The van der Waals surface area contributed by atoms with Crippen LogP contribution >= 0.6 is 0 Å². The maximum absolute atomic E-state index is 6.58. The van der Waals surface area contributed by atoms with E-state index in [0.29, 0.717) is 17.5 Å². The van der Waals surface area contributed by atoms with Gasteiger partial charge in [0.05, 0.1) is 0 Å². The van der Waals surface area contributed by atoms with Gasteiger partial charge in [-0.15, -0.1) is 0 Å². The van der Waals surface area contributed by atoms with E-state index in [2.05, 4.69) is 188 Å². The van der Waals surface area contributed by atoms with E-state index in [0.717, 1.165) is 66.3 Å². The molecule has 0 amide bonds. The van der Waals surface area contributed by atoms with Crippen molar-refractivity contribution in [1.82, 2.24) is 15.0 Å². The molecular formula is C55H35N3O. The Morgan fingerprint density at radius 2 is 0.712 bits per heavy atom. The lowest BCUT2D eigenvalue weighted by molar-refractivity contribution is 0.669. The monoisotopic (exact) mass is 753 g/mol. The predicted molar refractivity (Wildman–Crippen MR) is 243 cm³/mol. The van der Waals surface area contributed by atoms with E-state index in [-0.39, 0.29) is 0 Å². The summed E-state index contributed by atoms with van der Waals surface area (Å²) in [5, 5.41) is 4.42. The first kappa shape index (κ1) is 34.3. The first-order valence-electron chi connectivity index (χ1n) is 19.8. The molecule has 0 saturated heterocycles. The van der Waals surface area contributed by atoms with Crippen molar-refractivity contribution in [1.29, 1.82) is 0 Å². The molecule has 276 valence electrons. The van der Waals surface area contributed by atoms with Crippen molar-refractivity contribution in [3.05, 3.63) is 212 Å². The second-order valence-electron chi connectivity index (χ2n) is 14.8. The van der Waals surface area contributed by atoms with Crippen LogP contribution in [0.2, 0.25) is 0 Å². The van der Waals surface area contributed by atoms with Gasteiger partial charge in [-0.05, 0) is 79.5 Å². The maximum atomic E-state index is 6.58. The minimum Gasteiger partial charge on any atom is -0.456 e. The number of rotatable bonds is 7. The Bertz CT molecular complexity index is 3280. The van der Waals surface area contributed by atoms with Crippen molar-refractivity contribution in [2.75, 3.05) is 0 Å². The molecule has 0 aliphatic carbocycles. The topological polar surface area (TPSA) is 51.8 Å². The highest BCUT2D eigenvalue weighted by atomic mass is 16.3. The average Bonchev–Trinajstić information content (AvgIpc) is 3.70. The third-order valence-corrected chi connectivity index (χ3v) is 11.2. The van der Waals surface area contributed by atoms with E-state index in [9.17, 15) is 0 Å². The van der Waals surface area contributed by atoms with E-state index >= 15 is 0 Å². The van der Waals surface area contributed by atoms with Gasteiger partial charge >= 0.3 is 0 Å². The lowest BCUT2D eigenvalue weighted by atomic mass is 9.96. The zero-order chi connectivity index (χ0) is 39.1. The highest BCUT2D eigenvalue weighted by molar-refractivity contribution is 6.13. The van der Waals surface area contributed by atoms with Gasteiger partial charge in [0.15, 0.2) is 17.5 Å². The third kappa shape index (κ3) is 6.43. The van der Waals surface area contributed by atoms with Crippen LogP contribution in [0.25, 0.3) is 111 Å². The van der Waals surface area contributed by atoms with Crippen molar-refractivity contribution in [3.63, 3.8) is 0 Å². The van der Waals surface area contributed by atoms with Crippen LogP contribution in [0.3, 0.4) is 0 Å². The van der Waals surface area contributed by atoms with Gasteiger partial charge in [-0.2, -0.15) is 0 Å². The summed E-state index contributed by atoms with van der Waals surface area (Å²) in [6.07, 6.45) is 0. The summed E-state index contributed by atoms with van der Waals surface area (Å²) in [6.45, 7) is 0. The Balaban J connectivity index is 1.02. The van der Waals surface area contributed by atoms with Crippen LogP contribution in [0.15, 0.2) is 217 Å². The van der Waals surface area contributed by atoms with Gasteiger partial charge in [-0.25, -0.2) is 15.0 Å². The Labute approximate surface area is 341 Å². The van der Waals surface area contributed by atoms with Crippen LogP contribution in [0.5, 0.6) is 0 Å². The summed E-state index contributed by atoms with van der Waals surface area (Å²) < 4.78 is 6.58. The Kier molecular flexibility index (Phi) is 8.45. The van der Waals surface area contributed by atoms with Crippen LogP contribution in [-0.2, 0) is 0 Å². The second-order valence-corrected chi connectivity index (χ2v) is 14.8. The molecule has 0 unspecified atom stereocenters. The van der Waals surface area contributed by atoms with E-state index in [1.54, 1.807) is 0 Å². The number of fused-ring (bicyclic) bond motifs is 4. The van der Waals surface area contributed by atoms with Gasteiger partial charge in [0.2, 0.25) is 0 Å². The van der Waals surface area contributed by atoms with Crippen LogP contribution in [-0.4, -0.2) is 15.0 Å². The molecule has 0 aliphatic heterocycles. The van der Waals surface area contributed by atoms with Crippen LogP contribution in [0.1, 0.15) is 0 Å². The fourth-order valence-electron chi connectivity index (χ4n) is 8.18. The van der Waals surface area contributed by atoms with Crippen molar-refractivity contribution in [2.24, 2.45) is 0 Å². The molecule has 59 heavy (non-hydrogen) atoms. The number of nitrogens with zero attached hydrogens (tertiary/aromatic N) is 3. The van der Waals surface area contributed by atoms with Crippen LogP contribution < -0.4 is 0 Å². The first-order valence-corrected chi connectivity index (χ1v) is 19.8. The molecule has 0 aliphatic rings. The highest BCUT2D eigenvalue weighted by Gasteiger charge is 2.18. The van der Waals surface area contributed by atoms with Gasteiger partial charge in [0.1, 0.15) is 11.2 Å². The van der Waals surface area contributed by atoms with Crippen molar-refractivity contribution in [3.8, 4) is 78.7 Å². The van der Waals surface area contributed by atoms with Gasteiger partial charge < -0.3 is 4.42 Å². The minimum atomic E-state index is 0.578. The van der Waals surface area contributed by atoms with Gasteiger partial charge in [0.25, 0.3) is 0 Å². The summed E-state index contributed by atoms with van der Waals surface area (Å²) in [6, 6.07) is 74.1. The number of aromatic nitrogens is 3. The van der Waals surface area contributed by atoms with E-state index < -0.39 is 0 Å². The smallest absolute Gasteiger partial charge is 0.164 e. The molecule has 0 saturated carbocycles. The van der Waals surface area contributed by atoms with Crippen molar-refractivity contribution in [2.45, 2.75) is 0 Å². The number of hydrogen-bond donors (Lipinski definition) is 0. The lowest BCUT2D eigenvalue weighted by Crippen LogP contribution is -2.00. The van der Waals surface area contributed by atoms with E-state index in [1.807, 2.05) is 24.3 Å². The molecule has 2 heterocycles. The summed E-state index contributed by atoms with van der Waals surface area (Å²) in [7, 11) is 0. The zero-order valence-corrected chi connectivity index (χ0v) is 32.0. The summed E-state index contributed by atoms with van der Waals surface area (Å²) >= 11 is 0. The molecule has 0 radical (unpaired) electrons. The predicted octanol–water partition coefficient (Wildman–Crippen LogP) is 14.6. The first-order chi connectivity index (χ1) is 29.2. The Morgan fingerprint density at radius 1 is 0.271 bits per heavy atom. The molecule has 11 aromatic rings. The fraction of sp³-hybridized carbons (Fsp3) is 0. The quantitative estimate of drug-likeness (QED) is 0.163. The highest BCUT2D eigenvalue weighted by Crippen LogP contribution is 2.39. The molecule has 0 atom stereocenters. The van der Waals surface area contributed by atoms with Crippen LogP contribution in [0.4, 0.5) is 0 Å². The summed E-state index contributed by atoms with van der Waals surface area (Å²) in [5.41, 5.74) is 13.6. The Hall–Kier alpha value is -7.95. The van der Waals surface area contributed by atoms with Gasteiger partial charge in [-0.1, -0.05) is 188 Å². The SMILES string of the molecule is c1ccc(-c2ccc(-c3nc(-c4ccc5c(-c6ccccc6)cccc5c4)nc(-c4ccc5c(c4)oc4cccc(-c6ccc(-c7ccccc7)cc6)c45)n3)cc2)cc1. The standard InChI is InChI=1S/C55H35N3O/c1-4-12-36(13-5-1)38-22-26-41(27-23-38)48-20-11-21-50-52(48)49-33-31-45(35-51(49)59-50)55-57-53(42-28-24-39(25-29-42)37-14-6-2-7-15-37)56-54(58-55)44-30-32-47-43(34-44)18-10-19-46(47)40-16-8-3-9-17-40/h1-35H. The van der Waals surface area contributed by atoms with Gasteiger partial charge in [-0.3, -0.25) is 0 Å². The molecule has 0 N–H and O–H groups in total. The molecule has 4 nitrogen and oxygen atoms in total. The van der Waals surface area contributed by atoms with E-state index in [1.165, 1.54) is 27.6 Å². The fourth-order valence-corrected chi connectivity index (χ4v) is 8.18. The normalized spacial score (nSPS) is 11.4. The zero-order valence-electron chi connectivity index (χ0n) is 32.0. The second kappa shape index (κ2) is 14.5. The van der Waals surface area contributed by atoms with Crippen LogP contribution in [0, 0.1) is 0 Å². The molecular weight excluding hydrogens is 719 g/mol. The summed E-state index contributed by atoms with van der Waals surface area (Å²) in [4.78, 5) is 15.4. The molecule has 4 heteroatoms. The number of benzene rings is 9. The third-order valence-electron chi connectivity index (χ3n) is 11.2. The minimum absolute atomic E-state index is 0.578. The number of hydrogen-bond acceptors (Lipinski definition) is 4. The average molecular weight is 754 g/mol. The van der Waals surface area contributed by atoms with Crippen molar-refractivity contribution < 1.29 is 4.42 Å². The lowest BCUT2D eigenvalue weighted by Gasteiger charge is -2.11. The molecule has 0 fully saturated rings. The largest absolute Gasteiger partial charge is 0.456 e. The maximum Gasteiger partial charge on any atom is 0.164 e. The molecule has 2 aromatic heterocycles. The molecule has 11 rings (SSSR count). The molecule has 9 aromatic carbocycles. The number of furan rings is 1. The Morgan fingerprint density at radius 3 is 1.34 bits per heavy atom. The van der Waals surface area contributed by atoms with Crippen molar-refractivity contribution >= 4 is 32.7 Å². The van der Waals surface area contributed by atoms with Gasteiger partial charge in [0, 0.05) is 27.5 Å². The molecule has 0 spiro atoms. The van der Waals surface area contributed by atoms with E-state index in [4.69, 9.17) is 19.4 Å². The molecule has 0 bridgehead atoms. The summed E-state index contributed by atoms with van der Waals surface area (Å²) in [5.74, 6) is 1.79.